The molecule has 0 aromatic heterocycles. The van der Waals surface area contributed by atoms with Crippen molar-refractivity contribution in [1.82, 2.24) is 5.32 Å². The standard InChI is InChI=1S/C14H22N2O/c1-15-10-14(8-9-14)11-16(2)12-6-4-5-7-13(12)17-3/h4-7,15H,8-11H2,1-3H3. The molecule has 1 aliphatic rings. The van der Waals surface area contributed by atoms with Crippen molar-refractivity contribution in [3.63, 3.8) is 0 Å². The second-order valence-electron chi connectivity index (χ2n) is 5.06. The molecule has 1 aliphatic carbocycles. The average Bonchev–Trinajstić information content (AvgIpc) is 3.09. The number of hydrogen-bond acceptors (Lipinski definition) is 3. The third-order valence-corrected chi connectivity index (χ3v) is 3.58. The maximum Gasteiger partial charge on any atom is 0.142 e. The summed E-state index contributed by atoms with van der Waals surface area (Å²) in [7, 11) is 5.91. The van der Waals surface area contributed by atoms with Crippen molar-refractivity contribution in [2.75, 3.05) is 39.2 Å². The maximum absolute atomic E-state index is 5.40. The lowest BCUT2D eigenvalue weighted by molar-refractivity contribution is 0.412. The van der Waals surface area contributed by atoms with Crippen LogP contribution in [0.1, 0.15) is 12.8 Å². The number of para-hydroxylation sites is 2. The molecule has 1 saturated carbocycles. The van der Waals surface area contributed by atoms with Crippen molar-refractivity contribution < 1.29 is 4.74 Å². The summed E-state index contributed by atoms with van der Waals surface area (Å²) in [4.78, 5) is 2.31. The minimum absolute atomic E-state index is 0.477. The molecular formula is C14H22N2O. The van der Waals surface area contributed by atoms with Crippen molar-refractivity contribution in [2.24, 2.45) is 5.41 Å². The number of benzene rings is 1. The van der Waals surface area contributed by atoms with Crippen LogP contribution in [0, 0.1) is 5.41 Å². The SMILES string of the molecule is CNCC1(CN(C)c2ccccc2OC)CC1. The minimum Gasteiger partial charge on any atom is -0.495 e. The highest BCUT2D eigenvalue weighted by molar-refractivity contribution is 5.58. The quantitative estimate of drug-likeness (QED) is 0.816. The zero-order chi connectivity index (χ0) is 12.3. The summed E-state index contributed by atoms with van der Waals surface area (Å²) in [5, 5.41) is 3.30. The van der Waals surface area contributed by atoms with Gasteiger partial charge < -0.3 is 15.0 Å². The summed E-state index contributed by atoms with van der Waals surface area (Å²) in [6, 6.07) is 8.21. The van der Waals surface area contributed by atoms with Gasteiger partial charge in [0.2, 0.25) is 0 Å². The molecule has 0 saturated heterocycles. The van der Waals surface area contributed by atoms with E-state index >= 15 is 0 Å². The maximum atomic E-state index is 5.40. The number of ether oxygens (including phenoxy) is 1. The first kappa shape index (κ1) is 12.2. The molecule has 1 aromatic carbocycles. The van der Waals surface area contributed by atoms with E-state index in [-0.39, 0.29) is 0 Å². The second kappa shape index (κ2) is 4.96. The van der Waals surface area contributed by atoms with Crippen molar-refractivity contribution >= 4 is 5.69 Å². The number of methoxy groups -OCH3 is 1. The van der Waals surface area contributed by atoms with Gasteiger partial charge in [-0.15, -0.1) is 0 Å². The summed E-state index contributed by atoms with van der Waals surface area (Å²) < 4.78 is 5.40. The average molecular weight is 234 g/mol. The Hall–Kier alpha value is -1.22. The van der Waals surface area contributed by atoms with E-state index in [0.29, 0.717) is 5.41 Å². The lowest BCUT2D eigenvalue weighted by atomic mass is 10.1. The van der Waals surface area contributed by atoms with Gasteiger partial charge in [-0.1, -0.05) is 12.1 Å². The lowest BCUT2D eigenvalue weighted by Gasteiger charge is -2.26. The van der Waals surface area contributed by atoms with Gasteiger partial charge in [-0.3, -0.25) is 0 Å². The van der Waals surface area contributed by atoms with Crippen LogP contribution in [0.25, 0.3) is 0 Å². The third kappa shape index (κ3) is 2.72. The molecule has 17 heavy (non-hydrogen) atoms. The molecule has 0 unspecified atom stereocenters. The van der Waals surface area contributed by atoms with E-state index in [4.69, 9.17) is 4.74 Å². The fourth-order valence-corrected chi connectivity index (χ4v) is 2.48. The van der Waals surface area contributed by atoms with Crippen molar-refractivity contribution in [3.8, 4) is 5.75 Å². The van der Waals surface area contributed by atoms with Crippen LogP contribution in [-0.2, 0) is 0 Å². The van der Waals surface area contributed by atoms with Gasteiger partial charge >= 0.3 is 0 Å². The molecule has 3 nitrogen and oxygen atoms in total. The molecule has 1 N–H and O–H groups in total. The molecular weight excluding hydrogens is 212 g/mol. The molecule has 0 heterocycles. The Balaban J connectivity index is 2.06. The van der Waals surface area contributed by atoms with Crippen LogP contribution in [0.3, 0.4) is 0 Å². The highest BCUT2D eigenvalue weighted by Crippen LogP contribution is 2.46. The predicted molar refractivity (Wildman–Crippen MR) is 71.9 cm³/mol. The molecule has 0 amide bonds. The third-order valence-electron chi connectivity index (χ3n) is 3.58. The van der Waals surface area contributed by atoms with E-state index in [2.05, 4.69) is 29.4 Å². The zero-order valence-electron chi connectivity index (χ0n) is 11.0. The van der Waals surface area contributed by atoms with Gasteiger partial charge in [0.25, 0.3) is 0 Å². The van der Waals surface area contributed by atoms with Gasteiger partial charge in [0, 0.05) is 25.6 Å². The van der Waals surface area contributed by atoms with Crippen molar-refractivity contribution in [1.29, 1.82) is 0 Å². The largest absolute Gasteiger partial charge is 0.495 e. The first-order valence-corrected chi connectivity index (χ1v) is 6.19. The molecule has 94 valence electrons. The van der Waals surface area contributed by atoms with Gasteiger partial charge in [0.1, 0.15) is 5.75 Å². The molecule has 0 atom stereocenters. The number of anilines is 1. The Kier molecular flexibility index (Phi) is 3.57. The van der Waals surface area contributed by atoms with Gasteiger partial charge in [-0.2, -0.15) is 0 Å². The minimum atomic E-state index is 0.477. The molecule has 0 bridgehead atoms. The van der Waals surface area contributed by atoms with Crippen LogP contribution < -0.4 is 15.0 Å². The fraction of sp³-hybridized carbons (Fsp3) is 0.571. The van der Waals surface area contributed by atoms with Gasteiger partial charge in [0.15, 0.2) is 0 Å². The number of hydrogen-bond donors (Lipinski definition) is 1. The molecule has 2 rings (SSSR count). The monoisotopic (exact) mass is 234 g/mol. The topological polar surface area (TPSA) is 24.5 Å². The molecule has 0 radical (unpaired) electrons. The summed E-state index contributed by atoms with van der Waals surface area (Å²) in [6.07, 6.45) is 2.65. The van der Waals surface area contributed by atoms with E-state index in [1.807, 2.05) is 19.2 Å². The van der Waals surface area contributed by atoms with Crippen LogP contribution in [-0.4, -0.2) is 34.3 Å². The first-order chi connectivity index (χ1) is 8.21. The first-order valence-electron chi connectivity index (χ1n) is 6.19. The highest BCUT2D eigenvalue weighted by atomic mass is 16.5. The van der Waals surface area contributed by atoms with Crippen LogP contribution in [0.4, 0.5) is 5.69 Å². The van der Waals surface area contributed by atoms with Crippen molar-refractivity contribution in [2.45, 2.75) is 12.8 Å². The van der Waals surface area contributed by atoms with Crippen LogP contribution in [0.2, 0.25) is 0 Å². The van der Waals surface area contributed by atoms with Gasteiger partial charge in [0.05, 0.1) is 12.8 Å². The molecule has 0 aliphatic heterocycles. The van der Waals surface area contributed by atoms with E-state index in [0.717, 1.165) is 18.8 Å². The number of nitrogens with zero attached hydrogens (tertiary/aromatic N) is 1. The molecule has 1 aromatic rings. The second-order valence-corrected chi connectivity index (χ2v) is 5.06. The van der Waals surface area contributed by atoms with E-state index in [1.54, 1.807) is 7.11 Å². The summed E-state index contributed by atoms with van der Waals surface area (Å²) in [5.41, 5.74) is 1.65. The Labute approximate surface area is 104 Å². The Morgan fingerprint density at radius 3 is 2.65 bits per heavy atom. The smallest absolute Gasteiger partial charge is 0.142 e. The summed E-state index contributed by atoms with van der Waals surface area (Å²) >= 11 is 0. The highest BCUT2D eigenvalue weighted by Gasteiger charge is 2.42. The van der Waals surface area contributed by atoms with Crippen LogP contribution >= 0.6 is 0 Å². The molecule has 1 fully saturated rings. The number of rotatable bonds is 6. The van der Waals surface area contributed by atoms with E-state index in [1.165, 1.54) is 18.5 Å². The lowest BCUT2D eigenvalue weighted by Crippen LogP contribution is -2.32. The summed E-state index contributed by atoms with van der Waals surface area (Å²) in [6.45, 7) is 2.20. The van der Waals surface area contributed by atoms with Crippen LogP contribution in [0.5, 0.6) is 5.75 Å². The Morgan fingerprint density at radius 2 is 2.06 bits per heavy atom. The van der Waals surface area contributed by atoms with E-state index in [9.17, 15) is 0 Å². The van der Waals surface area contributed by atoms with Gasteiger partial charge in [-0.25, -0.2) is 0 Å². The van der Waals surface area contributed by atoms with Crippen molar-refractivity contribution in [3.05, 3.63) is 24.3 Å². The molecule has 0 spiro atoms. The Morgan fingerprint density at radius 1 is 1.35 bits per heavy atom. The normalized spacial score (nSPS) is 16.6. The Bertz CT molecular complexity index is 374. The summed E-state index contributed by atoms with van der Waals surface area (Å²) in [5.74, 6) is 0.954. The van der Waals surface area contributed by atoms with E-state index < -0.39 is 0 Å². The fourth-order valence-electron chi connectivity index (χ4n) is 2.48. The van der Waals surface area contributed by atoms with Crippen LogP contribution in [0.15, 0.2) is 24.3 Å². The number of nitrogens with one attached hydrogen (secondary N) is 1. The molecule has 3 heteroatoms. The zero-order valence-corrected chi connectivity index (χ0v) is 11.0. The predicted octanol–water partition coefficient (Wildman–Crippen LogP) is 2.13. The van der Waals surface area contributed by atoms with Gasteiger partial charge in [-0.05, 0) is 32.0 Å².